The number of thiazole rings is 1. The Morgan fingerprint density at radius 2 is 2.39 bits per heavy atom. The van der Waals surface area contributed by atoms with Crippen LogP contribution in [0.1, 0.15) is 12.0 Å². The number of nitrogen functional groups attached to an aromatic ring is 1. The molecule has 0 bridgehead atoms. The van der Waals surface area contributed by atoms with Gasteiger partial charge in [0.05, 0.1) is 22.7 Å². The molecule has 6 nitrogen and oxygen atoms in total. The summed E-state index contributed by atoms with van der Waals surface area (Å²) in [5.41, 5.74) is 8.53. The summed E-state index contributed by atoms with van der Waals surface area (Å²) in [7, 11) is 1.70. The smallest absolute Gasteiger partial charge is 0.228 e. The third-order valence-electron chi connectivity index (χ3n) is 4.22. The number of amides is 1. The van der Waals surface area contributed by atoms with Crippen LogP contribution in [-0.2, 0) is 9.53 Å². The maximum atomic E-state index is 12.5. The van der Waals surface area contributed by atoms with E-state index >= 15 is 0 Å². The molecule has 1 amide bonds. The molecular formula is C16H22N4O2S. The summed E-state index contributed by atoms with van der Waals surface area (Å²) in [5.74, 6) is 0.121. The van der Waals surface area contributed by atoms with Crippen molar-refractivity contribution < 1.29 is 9.53 Å². The largest absolute Gasteiger partial charge is 0.383 e. The molecule has 23 heavy (non-hydrogen) atoms. The Bertz CT molecular complexity index is 715. The number of aryl methyl sites for hydroxylation is 1. The average molecular weight is 334 g/mol. The SMILES string of the molecule is COCCN1CCC(C(=O)Nc2cc(C)c3nc(N)sc3c2)C1. The van der Waals surface area contributed by atoms with Gasteiger partial charge in [-0.25, -0.2) is 4.98 Å². The molecule has 0 aliphatic carbocycles. The third-order valence-corrected chi connectivity index (χ3v) is 5.06. The van der Waals surface area contributed by atoms with E-state index in [-0.39, 0.29) is 11.8 Å². The zero-order valence-corrected chi connectivity index (χ0v) is 14.3. The number of nitrogens with one attached hydrogen (secondary N) is 1. The van der Waals surface area contributed by atoms with Crippen molar-refractivity contribution in [3.63, 3.8) is 0 Å². The van der Waals surface area contributed by atoms with Crippen LogP contribution in [0.2, 0.25) is 0 Å². The van der Waals surface area contributed by atoms with Gasteiger partial charge in [0, 0.05) is 25.9 Å². The van der Waals surface area contributed by atoms with Crippen molar-refractivity contribution >= 4 is 38.3 Å². The highest BCUT2D eigenvalue weighted by atomic mass is 32.1. The lowest BCUT2D eigenvalue weighted by atomic mass is 10.1. The Labute approximate surface area is 139 Å². The van der Waals surface area contributed by atoms with Crippen LogP contribution in [0.3, 0.4) is 0 Å². The van der Waals surface area contributed by atoms with Crippen LogP contribution < -0.4 is 11.1 Å². The van der Waals surface area contributed by atoms with Crippen molar-refractivity contribution in [2.24, 2.45) is 5.92 Å². The predicted octanol–water partition coefficient (Wildman–Crippen LogP) is 2.09. The number of methoxy groups -OCH3 is 1. The fraction of sp³-hybridized carbons (Fsp3) is 0.500. The topological polar surface area (TPSA) is 80.5 Å². The molecule has 1 aliphatic heterocycles. The quantitative estimate of drug-likeness (QED) is 0.875. The van der Waals surface area contributed by atoms with Gasteiger partial charge in [0.2, 0.25) is 5.91 Å². The Kier molecular flexibility index (Phi) is 4.79. The predicted molar refractivity (Wildman–Crippen MR) is 93.8 cm³/mol. The van der Waals surface area contributed by atoms with E-state index in [0.29, 0.717) is 11.7 Å². The number of carbonyl (C=O) groups is 1. The Morgan fingerprint density at radius 3 is 3.17 bits per heavy atom. The minimum atomic E-state index is 0.0365. The lowest BCUT2D eigenvalue weighted by molar-refractivity contribution is -0.119. The van der Waals surface area contributed by atoms with E-state index in [1.165, 1.54) is 11.3 Å². The van der Waals surface area contributed by atoms with Crippen LogP contribution in [0.5, 0.6) is 0 Å². The lowest BCUT2D eigenvalue weighted by Gasteiger charge is -2.15. The monoisotopic (exact) mass is 334 g/mol. The molecule has 2 heterocycles. The van der Waals surface area contributed by atoms with Gasteiger partial charge in [-0.3, -0.25) is 4.79 Å². The van der Waals surface area contributed by atoms with Gasteiger partial charge in [-0.05, 0) is 37.6 Å². The first-order valence-electron chi connectivity index (χ1n) is 7.75. The first kappa shape index (κ1) is 16.2. The summed E-state index contributed by atoms with van der Waals surface area (Å²) in [6, 6.07) is 3.91. The van der Waals surface area contributed by atoms with Crippen molar-refractivity contribution in [3.05, 3.63) is 17.7 Å². The first-order valence-corrected chi connectivity index (χ1v) is 8.57. The average Bonchev–Trinajstić information content (AvgIpc) is 3.11. The van der Waals surface area contributed by atoms with Gasteiger partial charge >= 0.3 is 0 Å². The Hall–Kier alpha value is -1.70. The number of anilines is 2. The van der Waals surface area contributed by atoms with Crippen molar-refractivity contribution in [1.82, 2.24) is 9.88 Å². The third kappa shape index (κ3) is 3.63. The maximum absolute atomic E-state index is 12.5. The number of nitrogens with two attached hydrogens (primary N) is 1. The van der Waals surface area contributed by atoms with Gasteiger partial charge in [0.1, 0.15) is 0 Å². The van der Waals surface area contributed by atoms with Crippen molar-refractivity contribution in [2.45, 2.75) is 13.3 Å². The minimum Gasteiger partial charge on any atom is -0.383 e. The number of likely N-dealkylation sites (tertiary alicyclic amines) is 1. The normalized spacial score (nSPS) is 18.6. The van der Waals surface area contributed by atoms with Crippen LogP contribution in [0, 0.1) is 12.8 Å². The minimum absolute atomic E-state index is 0.0365. The summed E-state index contributed by atoms with van der Waals surface area (Å²) in [5, 5.41) is 3.60. The van der Waals surface area contributed by atoms with Crippen LogP contribution in [0.15, 0.2) is 12.1 Å². The van der Waals surface area contributed by atoms with Crippen LogP contribution in [0.25, 0.3) is 10.2 Å². The molecule has 0 radical (unpaired) electrons. The standard InChI is InChI=1S/C16H22N4O2S/c1-10-7-12(8-13-14(10)19-16(17)23-13)18-15(21)11-3-4-20(9-11)5-6-22-2/h7-8,11H,3-6,9H2,1-2H3,(H2,17,19)(H,18,21). The molecule has 7 heteroatoms. The lowest BCUT2D eigenvalue weighted by Crippen LogP contribution is -2.29. The van der Waals surface area contributed by atoms with E-state index in [1.807, 2.05) is 19.1 Å². The van der Waals surface area contributed by atoms with Crippen LogP contribution in [0.4, 0.5) is 10.8 Å². The van der Waals surface area contributed by atoms with Crippen LogP contribution in [-0.4, -0.2) is 49.1 Å². The molecule has 1 aromatic carbocycles. The number of fused-ring (bicyclic) bond motifs is 1. The van der Waals surface area contributed by atoms with E-state index in [2.05, 4.69) is 15.2 Å². The van der Waals surface area contributed by atoms with Crippen molar-refractivity contribution in [1.29, 1.82) is 0 Å². The number of ether oxygens (including phenoxy) is 1. The van der Waals surface area contributed by atoms with Gasteiger partial charge in [0.25, 0.3) is 0 Å². The molecule has 3 rings (SSSR count). The highest BCUT2D eigenvalue weighted by molar-refractivity contribution is 7.22. The summed E-state index contributed by atoms with van der Waals surface area (Å²) >= 11 is 1.44. The molecule has 1 unspecified atom stereocenters. The van der Waals surface area contributed by atoms with E-state index in [0.717, 1.165) is 47.5 Å². The maximum Gasteiger partial charge on any atom is 0.228 e. The second-order valence-corrected chi connectivity index (χ2v) is 7.02. The zero-order valence-electron chi connectivity index (χ0n) is 13.5. The second kappa shape index (κ2) is 6.82. The Balaban J connectivity index is 1.66. The van der Waals surface area contributed by atoms with E-state index in [4.69, 9.17) is 10.5 Å². The van der Waals surface area contributed by atoms with Gasteiger partial charge < -0.3 is 20.7 Å². The number of hydrogen-bond acceptors (Lipinski definition) is 6. The number of hydrogen-bond donors (Lipinski definition) is 2. The number of aromatic nitrogens is 1. The fourth-order valence-corrected chi connectivity index (χ4v) is 3.85. The fourth-order valence-electron chi connectivity index (χ4n) is 3.00. The molecule has 0 saturated carbocycles. The zero-order chi connectivity index (χ0) is 16.4. The summed E-state index contributed by atoms with van der Waals surface area (Å²) in [6.07, 6.45) is 0.893. The van der Waals surface area contributed by atoms with E-state index in [9.17, 15) is 4.79 Å². The van der Waals surface area contributed by atoms with Crippen molar-refractivity contribution in [3.8, 4) is 0 Å². The number of benzene rings is 1. The Morgan fingerprint density at radius 1 is 1.57 bits per heavy atom. The molecule has 3 N–H and O–H groups in total. The molecule has 0 spiro atoms. The number of nitrogens with zero attached hydrogens (tertiary/aromatic N) is 2. The van der Waals surface area contributed by atoms with Crippen LogP contribution >= 0.6 is 11.3 Å². The molecule has 1 atom stereocenters. The van der Waals surface area contributed by atoms with Crippen molar-refractivity contribution in [2.75, 3.05) is 44.4 Å². The molecular weight excluding hydrogens is 312 g/mol. The first-order chi connectivity index (χ1) is 11.1. The molecule has 1 fully saturated rings. The second-order valence-electron chi connectivity index (χ2n) is 5.96. The molecule has 124 valence electrons. The molecule has 2 aromatic rings. The molecule has 1 aliphatic rings. The van der Waals surface area contributed by atoms with E-state index in [1.54, 1.807) is 7.11 Å². The van der Waals surface area contributed by atoms with Gasteiger partial charge in [-0.2, -0.15) is 0 Å². The number of carbonyl (C=O) groups excluding carboxylic acids is 1. The molecule has 1 saturated heterocycles. The van der Waals surface area contributed by atoms with Gasteiger partial charge in [-0.1, -0.05) is 11.3 Å². The van der Waals surface area contributed by atoms with E-state index < -0.39 is 0 Å². The highest BCUT2D eigenvalue weighted by Gasteiger charge is 2.28. The summed E-state index contributed by atoms with van der Waals surface area (Å²) in [4.78, 5) is 19.1. The summed E-state index contributed by atoms with van der Waals surface area (Å²) < 4.78 is 6.10. The highest BCUT2D eigenvalue weighted by Crippen LogP contribution is 2.30. The molecule has 1 aromatic heterocycles. The van der Waals surface area contributed by atoms with Gasteiger partial charge in [0.15, 0.2) is 5.13 Å². The summed E-state index contributed by atoms with van der Waals surface area (Å²) in [6.45, 7) is 5.32. The number of rotatable bonds is 5. The van der Waals surface area contributed by atoms with Gasteiger partial charge in [-0.15, -0.1) is 0 Å².